The van der Waals surface area contributed by atoms with Gasteiger partial charge in [0.05, 0.1) is 0 Å². The molecule has 2 amide bonds. The molecule has 0 aromatic heterocycles. The van der Waals surface area contributed by atoms with Crippen LogP contribution in [0.2, 0.25) is 5.02 Å². The third-order valence-corrected chi connectivity index (χ3v) is 3.43. The number of nitrogens with zero attached hydrogens (tertiary/aromatic N) is 1. The van der Waals surface area contributed by atoms with Crippen molar-refractivity contribution in [1.29, 1.82) is 0 Å². The first-order chi connectivity index (χ1) is 9.00. The molecule has 1 aromatic carbocycles. The van der Waals surface area contributed by atoms with Crippen LogP contribution in [0, 0.1) is 5.92 Å². The Morgan fingerprint density at radius 2 is 2.00 bits per heavy atom. The average molecular weight is 281 g/mol. The first kappa shape index (κ1) is 13.9. The standard InChI is InChI=1S/C14H17ClN2O2/c1-9(2)14(19)17-8-7-16-13(18)12(17)10-3-5-11(15)6-4-10/h3-6,9,12H,7-8H2,1-2H3,(H,16,18). The van der Waals surface area contributed by atoms with Crippen molar-refractivity contribution in [2.45, 2.75) is 19.9 Å². The van der Waals surface area contributed by atoms with Gasteiger partial charge in [-0.1, -0.05) is 37.6 Å². The fraction of sp³-hybridized carbons (Fsp3) is 0.429. The number of hydrogen-bond acceptors (Lipinski definition) is 2. The number of hydrogen-bond donors (Lipinski definition) is 1. The SMILES string of the molecule is CC(C)C(=O)N1CCNC(=O)C1c1ccc(Cl)cc1. The van der Waals surface area contributed by atoms with E-state index in [9.17, 15) is 9.59 Å². The van der Waals surface area contributed by atoms with Crippen LogP contribution in [0.1, 0.15) is 25.5 Å². The van der Waals surface area contributed by atoms with E-state index in [1.807, 2.05) is 13.8 Å². The van der Waals surface area contributed by atoms with Crippen LogP contribution in [-0.4, -0.2) is 29.8 Å². The Morgan fingerprint density at radius 3 is 2.58 bits per heavy atom. The highest BCUT2D eigenvalue weighted by Gasteiger charge is 2.34. The summed E-state index contributed by atoms with van der Waals surface area (Å²) in [6.45, 7) is 4.72. The molecule has 1 heterocycles. The molecule has 4 nitrogen and oxygen atoms in total. The van der Waals surface area contributed by atoms with Crippen LogP contribution in [0.25, 0.3) is 0 Å². The van der Waals surface area contributed by atoms with Gasteiger partial charge in [-0.15, -0.1) is 0 Å². The van der Waals surface area contributed by atoms with Gasteiger partial charge in [-0.25, -0.2) is 0 Å². The zero-order chi connectivity index (χ0) is 14.0. The minimum Gasteiger partial charge on any atom is -0.352 e. The van der Waals surface area contributed by atoms with Gasteiger partial charge < -0.3 is 10.2 Å². The zero-order valence-corrected chi connectivity index (χ0v) is 11.8. The zero-order valence-electron chi connectivity index (χ0n) is 11.0. The first-order valence-corrected chi connectivity index (χ1v) is 6.72. The van der Waals surface area contributed by atoms with Crippen molar-refractivity contribution in [3.8, 4) is 0 Å². The Morgan fingerprint density at radius 1 is 1.37 bits per heavy atom. The topological polar surface area (TPSA) is 49.4 Å². The van der Waals surface area contributed by atoms with Crippen molar-refractivity contribution in [2.24, 2.45) is 5.92 Å². The Labute approximate surface area is 117 Å². The molecule has 5 heteroatoms. The van der Waals surface area contributed by atoms with Gasteiger partial charge in [-0.2, -0.15) is 0 Å². The predicted octanol–water partition coefficient (Wildman–Crippen LogP) is 2.00. The monoisotopic (exact) mass is 280 g/mol. The highest BCUT2D eigenvalue weighted by atomic mass is 35.5. The van der Waals surface area contributed by atoms with Crippen molar-refractivity contribution < 1.29 is 9.59 Å². The van der Waals surface area contributed by atoms with Crippen LogP contribution >= 0.6 is 11.6 Å². The van der Waals surface area contributed by atoms with Crippen LogP contribution in [-0.2, 0) is 9.59 Å². The van der Waals surface area contributed by atoms with Crippen molar-refractivity contribution in [3.63, 3.8) is 0 Å². The van der Waals surface area contributed by atoms with Gasteiger partial charge >= 0.3 is 0 Å². The van der Waals surface area contributed by atoms with Gasteiger partial charge in [0.15, 0.2) is 0 Å². The van der Waals surface area contributed by atoms with Crippen LogP contribution in [0.15, 0.2) is 24.3 Å². The molecule has 1 atom stereocenters. The molecule has 102 valence electrons. The number of carbonyl (C=O) groups is 2. The summed E-state index contributed by atoms with van der Waals surface area (Å²) in [6.07, 6.45) is 0. The van der Waals surface area contributed by atoms with Gasteiger partial charge in [0.1, 0.15) is 6.04 Å². The fourth-order valence-corrected chi connectivity index (χ4v) is 2.34. The highest BCUT2D eigenvalue weighted by Crippen LogP contribution is 2.26. The Kier molecular flexibility index (Phi) is 4.10. The van der Waals surface area contributed by atoms with E-state index in [0.717, 1.165) is 5.56 Å². The molecule has 0 saturated carbocycles. The highest BCUT2D eigenvalue weighted by molar-refractivity contribution is 6.30. The van der Waals surface area contributed by atoms with E-state index < -0.39 is 6.04 Å². The van der Waals surface area contributed by atoms with Gasteiger partial charge in [0.2, 0.25) is 11.8 Å². The van der Waals surface area contributed by atoms with Crippen LogP contribution in [0.3, 0.4) is 0 Å². The Balaban J connectivity index is 2.33. The molecule has 19 heavy (non-hydrogen) atoms. The molecule has 1 aliphatic rings. The predicted molar refractivity (Wildman–Crippen MR) is 73.8 cm³/mol. The fourth-order valence-electron chi connectivity index (χ4n) is 2.21. The maximum Gasteiger partial charge on any atom is 0.247 e. The molecule has 1 aromatic rings. The number of rotatable bonds is 2. The molecule has 1 fully saturated rings. The summed E-state index contributed by atoms with van der Waals surface area (Å²) in [7, 11) is 0. The number of halogens is 1. The van der Waals surface area contributed by atoms with E-state index in [1.165, 1.54) is 0 Å². The smallest absolute Gasteiger partial charge is 0.247 e. The minimum absolute atomic E-state index is 0.00481. The molecule has 0 bridgehead atoms. The van der Waals surface area contributed by atoms with Crippen molar-refractivity contribution in [2.75, 3.05) is 13.1 Å². The quantitative estimate of drug-likeness (QED) is 0.901. The number of piperazine rings is 1. The summed E-state index contributed by atoms with van der Waals surface area (Å²) >= 11 is 5.86. The lowest BCUT2D eigenvalue weighted by atomic mass is 10.0. The maximum absolute atomic E-state index is 12.2. The molecule has 1 N–H and O–H groups in total. The van der Waals surface area contributed by atoms with E-state index in [1.54, 1.807) is 29.2 Å². The van der Waals surface area contributed by atoms with E-state index >= 15 is 0 Å². The second kappa shape index (κ2) is 5.61. The third kappa shape index (κ3) is 2.89. The lowest BCUT2D eigenvalue weighted by molar-refractivity contribution is -0.145. The molecular formula is C14H17ClN2O2. The second-order valence-corrected chi connectivity index (χ2v) is 5.37. The van der Waals surface area contributed by atoms with Crippen molar-refractivity contribution >= 4 is 23.4 Å². The second-order valence-electron chi connectivity index (χ2n) is 4.93. The van der Waals surface area contributed by atoms with Crippen LogP contribution in [0.4, 0.5) is 0 Å². The maximum atomic E-state index is 12.2. The molecule has 0 aliphatic carbocycles. The number of amides is 2. The summed E-state index contributed by atoms with van der Waals surface area (Å²) in [5, 5.41) is 3.42. The van der Waals surface area contributed by atoms with Gasteiger partial charge in [-0.05, 0) is 17.7 Å². The number of nitrogens with one attached hydrogen (secondary N) is 1. The number of carbonyl (C=O) groups excluding carboxylic acids is 2. The largest absolute Gasteiger partial charge is 0.352 e. The minimum atomic E-state index is -0.555. The van der Waals surface area contributed by atoms with Crippen LogP contribution in [0.5, 0.6) is 0 Å². The van der Waals surface area contributed by atoms with E-state index in [2.05, 4.69) is 5.32 Å². The Bertz CT molecular complexity index is 485. The molecule has 1 saturated heterocycles. The average Bonchev–Trinajstić information content (AvgIpc) is 2.39. The molecule has 0 radical (unpaired) electrons. The lowest BCUT2D eigenvalue weighted by Crippen LogP contribution is -2.53. The first-order valence-electron chi connectivity index (χ1n) is 6.34. The van der Waals surface area contributed by atoms with Crippen molar-refractivity contribution in [1.82, 2.24) is 10.2 Å². The third-order valence-electron chi connectivity index (χ3n) is 3.17. The van der Waals surface area contributed by atoms with Crippen LogP contribution < -0.4 is 5.32 Å². The van der Waals surface area contributed by atoms with E-state index in [0.29, 0.717) is 18.1 Å². The molecular weight excluding hydrogens is 264 g/mol. The summed E-state index contributed by atoms with van der Waals surface area (Å²) in [4.78, 5) is 25.9. The molecule has 2 rings (SSSR count). The van der Waals surface area contributed by atoms with E-state index in [-0.39, 0.29) is 17.7 Å². The normalized spacial score (nSPS) is 19.5. The summed E-state index contributed by atoms with van der Waals surface area (Å²) in [5.74, 6) is -0.266. The Hall–Kier alpha value is -1.55. The molecule has 1 aliphatic heterocycles. The molecule has 1 unspecified atom stereocenters. The molecule has 0 spiro atoms. The van der Waals surface area contributed by atoms with Gasteiger partial charge in [-0.3, -0.25) is 9.59 Å². The number of benzene rings is 1. The van der Waals surface area contributed by atoms with Gasteiger partial charge in [0, 0.05) is 24.0 Å². The summed E-state index contributed by atoms with van der Waals surface area (Å²) in [5.41, 5.74) is 0.788. The summed E-state index contributed by atoms with van der Waals surface area (Å²) < 4.78 is 0. The van der Waals surface area contributed by atoms with Gasteiger partial charge in [0.25, 0.3) is 0 Å². The lowest BCUT2D eigenvalue weighted by Gasteiger charge is -2.36. The summed E-state index contributed by atoms with van der Waals surface area (Å²) in [6, 6.07) is 6.49. The van der Waals surface area contributed by atoms with E-state index in [4.69, 9.17) is 11.6 Å². The van der Waals surface area contributed by atoms with Crippen molar-refractivity contribution in [3.05, 3.63) is 34.9 Å².